The standard InChI is InChI=1S/C14H15N3O/c1-17(13-7-2-3-8-16-13)14(18)12-6-4-5-11(9-12)10-15/h2-9H,10,15H2,1H3. The second-order valence-electron chi connectivity index (χ2n) is 3.96. The predicted molar refractivity (Wildman–Crippen MR) is 71.3 cm³/mol. The van der Waals surface area contributed by atoms with Crippen molar-refractivity contribution < 1.29 is 4.79 Å². The third-order valence-corrected chi connectivity index (χ3v) is 2.71. The van der Waals surface area contributed by atoms with Crippen molar-refractivity contribution in [1.82, 2.24) is 4.98 Å². The van der Waals surface area contributed by atoms with Crippen molar-refractivity contribution in [2.75, 3.05) is 11.9 Å². The van der Waals surface area contributed by atoms with Gasteiger partial charge in [-0.2, -0.15) is 0 Å². The first-order chi connectivity index (χ1) is 8.72. The largest absolute Gasteiger partial charge is 0.326 e. The van der Waals surface area contributed by atoms with E-state index >= 15 is 0 Å². The van der Waals surface area contributed by atoms with Gasteiger partial charge in [0.25, 0.3) is 5.91 Å². The summed E-state index contributed by atoms with van der Waals surface area (Å²) in [5.41, 5.74) is 7.13. The molecule has 1 heterocycles. The number of nitrogens with zero attached hydrogens (tertiary/aromatic N) is 2. The number of aromatic nitrogens is 1. The Morgan fingerprint density at radius 3 is 2.78 bits per heavy atom. The van der Waals surface area contributed by atoms with Gasteiger partial charge in [0, 0.05) is 25.4 Å². The lowest BCUT2D eigenvalue weighted by molar-refractivity contribution is 0.0992. The summed E-state index contributed by atoms with van der Waals surface area (Å²) in [7, 11) is 1.71. The van der Waals surface area contributed by atoms with Gasteiger partial charge in [-0.3, -0.25) is 9.69 Å². The van der Waals surface area contributed by atoms with Crippen molar-refractivity contribution in [3.8, 4) is 0 Å². The third kappa shape index (κ3) is 2.55. The van der Waals surface area contributed by atoms with Crippen LogP contribution in [0.3, 0.4) is 0 Å². The van der Waals surface area contributed by atoms with Gasteiger partial charge < -0.3 is 5.73 Å². The molecular weight excluding hydrogens is 226 g/mol. The molecule has 0 unspecified atom stereocenters. The normalized spacial score (nSPS) is 10.1. The van der Waals surface area contributed by atoms with Crippen LogP contribution in [0.1, 0.15) is 15.9 Å². The number of nitrogens with two attached hydrogens (primary N) is 1. The smallest absolute Gasteiger partial charge is 0.259 e. The predicted octanol–water partition coefficient (Wildman–Crippen LogP) is 1.82. The van der Waals surface area contributed by atoms with E-state index in [1.54, 1.807) is 25.4 Å². The summed E-state index contributed by atoms with van der Waals surface area (Å²) < 4.78 is 0. The number of amides is 1. The number of benzene rings is 1. The molecule has 18 heavy (non-hydrogen) atoms. The molecule has 0 spiro atoms. The molecule has 1 amide bonds. The molecule has 4 nitrogen and oxygen atoms in total. The van der Waals surface area contributed by atoms with E-state index in [1.165, 1.54) is 4.90 Å². The molecule has 0 aliphatic heterocycles. The van der Waals surface area contributed by atoms with Crippen LogP contribution < -0.4 is 10.6 Å². The molecule has 2 rings (SSSR count). The summed E-state index contributed by atoms with van der Waals surface area (Å²) in [5.74, 6) is 0.532. The average molecular weight is 241 g/mol. The Kier molecular flexibility index (Phi) is 3.69. The van der Waals surface area contributed by atoms with E-state index in [-0.39, 0.29) is 5.91 Å². The summed E-state index contributed by atoms with van der Waals surface area (Å²) in [5, 5.41) is 0. The summed E-state index contributed by atoms with van der Waals surface area (Å²) >= 11 is 0. The van der Waals surface area contributed by atoms with E-state index in [9.17, 15) is 4.79 Å². The van der Waals surface area contributed by atoms with Gasteiger partial charge >= 0.3 is 0 Å². The van der Waals surface area contributed by atoms with Crippen molar-refractivity contribution >= 4 is 11.7 Å². The summed E-state index contributed by atoms with van der Waals surface area (Å²) in [6.07, 6.45) is 1.66. The zero-order valence-corrected chi connectivity index (χ0v) is 10.2. The van der Waals surface area contributed by atoms with Gasteiger partial charge in [0.15, 0.2) is 0 Å². The van der Waals surface area contributed by atoms with Crippen LogP contribution in [0.4, 0.5) is 5.82 Å². The van der Waals surface area contributed by atoms with Crippen molar-refractivity contribution in [2.45, 2.75) is 6.54 Å². The fourth-order valence-electron chi connectivity index (χ4n) is 1.68. The van der Waals surface area contributed by atoms with Crippen molar-refractivity contribution in [3.05, 3.63) is 59.8 Å². The van der Waals surface area contributed by atoms with E-state index in [1.807, 2.05) is 30.3 Å². The van der Waals surface area contributed by atoms with Crippen molar-refractivity contribution in [3.63, 3.8) is 0 Å². The molecule has 2 aromatic rings. The van der Waals surface area contributed by atoms with E-state index in [0.717, 1.165) is 5.56 Å². The SMILES string of the molecule is CN(C(=O)c1cccc(CN)c1)c1ccccn1. The Bertz CT molecular complexity index is 540. The fraction of sp³-hybridized carbons (Fsp3) is 0.143. The topological polar surface area (TPSA) is 59.2 Å². The maximum atomic E-state index is 12.3. The van der Waals surface area contributed by atoms with Crippen LogP contribution in [0.25, 0.3) is 0 Å². The lowest BCUT2D eigenvalue weighted by Gasteiger charge is -2.16. The first-order valence-electron chi connectivity index (χ1n) is 5.70. The Balaban J connectivity index is 2.25. The molecule has 92 valence electrons. The van der Waals surface area contributed by atoms with Crippen LogP contribution in [-0.2, 0) is 6.54 Å². The second kappa shape index (κ2) is 5.42. The molecule has 0 bridgehead atoms. The van der Waals surface area contributed by atoms with Gasteiger partial charge in [-0.25, -0.2) is 4.98 Å². The molecule has 0 saturated heterocycles. The van der Waals surface area contributed by atoms with E-state index < -0.39 is 0 Å². The van der Waals surface area contributed by atoms with Crippen LogP contribution >= 0.6 is 0 Å². The van der Waals surface area contributed by atoms with Gasteiger partial charge in [-0.05, 0) is 29.8 Å². The van der Waals surface area contributed by atoms with Crippen LogP contribution in [-0.4, -0.2) is 17.9 Å². The molecular formula is C14H15N3O. The van der Waals surface area contributed by atoms with E-state index in [2.05, 4.69) is 4.98 Å². The van der Waals surface area contributed by atoms with Gasteiger partial charge in [-0.1, -0.05) is 18.2 Å². The van der Waals surface area contributed by atoms with E-state index in [0.29, 0.717) is 17.9 Å². The Hall–Kier alpha value is -2.20. The Morgan fingerprint density at radius 2 is 2.11 bits per heavy atom. The number of hydrogen-bond acceptors (Lipinski definition) is 3. The van der Waals surface area contributed by atoms with Crippen LogP contribution in [0, 0.1) is 0 Å². The number of pyridine rings is 1. The van der Waals surface area contributed by atoms with Gasteiger partial charge in [0.1, 0.15) is 5.82 Å². The molecule has 1 aromatic heterocycles. The number of anilines is 1. The minimum absolute atomic E-state index is 0.0935. The molecule has 1 aromatic carbocycles. The number of carbonyl (C=O) groups excluding carboxylic acids is 1. The molecule has 2 N–H and O–H groups in total. The number of rotatable bonds is 3. The summed E-state index contributed by atoms with van der Waals surface area (Å²) in [6, 6.07) is 12.8. The quantitative estimate of drug-likeness (QED) is 0.891. The highest BCUT2D eigenvalue weighted by atomic mass is 16.2. The maximum Gasteiger partial charge on any atom is 0.259 e. The molecule has 0 atom stereocenters. The molecule has 0 radical (unpaired) electrons. The zero-order chi connectivity index (χ0) is 13.0. The van der Waals surface area contributed by atoms with Gasteiger partial charge in [-0.15, -0.1) is 0 Å². The molecule has 0 aliphatic carbocycles. The first kappa shape index (κ1) is 12.3. The van der Waals surface area contributed by atoms with Crippen LogP contribution in [0.15, 0.2) is 48.7 Å². The lowest BCUT2D eigenvalue weighted by atomic mass is 10.1. The minimum atomic E-state index is -0.0935. The summed E-state index contributed by atoms with van der Waals surface area (Å²) in [6.45, 7) is 0.425. The minimum Gasteiger partial charge on any atom is -0.326 e. The van der Waals surface area contributed by atoms with Crippen LogP contribution in [0.5, 0.6) is 0 Å². The van der Waals surface area contributed by atoms with Crippen molar-refractivity contribution in [1.29, 1.82) is 0 Å². The molecule has 0 fully saturated rings. The molecule has 0 aliphatic rings. The average Bonchev–Trinajstić information content (AvgIpc) is 2.46. The van der Waals surface area contributed by atoms with Crippen molar-refractivity contribution in [2.24, 2.45) is 5.73 Å². The second-order valence-corrected chi connectivity index (χ2v) is 3.96. The molecule has 0 saturated carbocycles. The van der Waals surface area contributed by atoms with E-state index in [4.69, 9.17) is 5.73 Å². The lowest BCUT2D eigenvalue weighted by Crippen LogP contribution is -2.27. The zero-order valence-electron chi connectivity index (χ0n) is 10.2. The van der Waals surface area contributed by atoms with Gasteiger partial charge in [0.2, 0.25) is 0 Å². The first-order valence-corrected chi connectivity index (χ1v) is 5.70. The molecule has 4 heteroatoms. The highest BCUT2D eigenvalue weighted by Crippen LogP contribution is 2.13. The Morgan fingerprint density at radius 1 is 1.28 bits per heavy atom. The monoisotopic (exact) mass is 241 g/mol. The van der Waals surface area contributed by atoms with Gasteiger partial charge in [0.05, 0.1) is 0 Å². The summed E-state index contributed by atoms with van der Waals surface area (Å²) in [4.78, 5) is 17.9. The Labute approximate surface area is 106 Å². The highest BCUT2D eigenvalue weighted by Gasteiger charge is 2.14. The highest BCUT2D eigenvalue weighted by molar-refractivity contribution is 6.05. The number of hydrogen-bond donors (Lipinski definition) is 1. The maximum absolute atomic E-state index is 12.3. The van der Waals surface area contributed by atoms with Crippen LogP contribution in [0.2, 0.25) is 0 Å². The number of carbonyl (C=O) groups is 1. The fourth-order valence-corrected chi connectivity index (χ4v) is 1.68. The third-order valence-electron chi connectivity index (χ3n) is 2.71.